The molecule has 0 aliphatic carbocycles. The van der Waals surface area contributed by atoms with E-state index in [9.17, 15) is 4.79 Å². The Morgan fingerprint density at radius 2 is 2.00 bits per heavy atom. The fourth-order valence-corrected chi connectivity index (χ4v) is 1.04. The highest BCUT2D eigenvalue weighted by Gasteiger charge is 1.96. The third-order valence-electron chi connectivity index (χ3n) is 1.56. The van der Waals surface area contributed by atoms with Gasteiger partial charge in [0.1, 0.15) is 0 Å². The Labute approximate surface area is 76.5 Å². The summed E-state index contributed by atoms with van der Waals surface area (Å²) < 4.78 is 0. The monoisotopic (exact) mass is 177 g/mol. The second-order valence-electron chi connectivity index (χ2n) is 2.72. The van der Waals surface area contributed by atoms with E-state index in [0.717, 1.165) is 11.6 Å². The van der Waals surface area contributed by atoms with Crippen LogP contribution in [-0.4, -0.2) is 11.1 Å². The minimum atomic E-state index is -1.01. The Morgan fingerprint density at radius 1 is 1.38 bits per heavy atom. The van der Waals surface area contributed by atoms with Gasteiger partial charge in [0, 0.05) is 18.2 Å². The quantitative estimate of drug-likeness (QED) is 0.681. The minimum Gasteiger partial charge on any atom is -0.478 e. The lowest BCUT2D eigenvalue weighted by atomic mass is 10.1. The molecule has 0 aliphatic rings. The van der Waals surface area contributed by atoms with E-state index in [4.69, 9.17) is 10.8 Å². The van der Waals surface area contributed by atoms with Crippen LogP contribution in [0, 0.1) is 0 Å². The van der Waals surface area contributed by atoms with Crippen molar-refractivity contribution in [2.24, 2.45) is 5.73 Å². The van der Waals surface area contributed by atoms with Crippen molar-refractivity contribution < 1.29 is 9.90 Å². The Morgan fingerprint density at radius 3 is 2.54 bits per heavy atom. The number of benzene rings is 1. The summed E-state index contributed by atoms with van der Waals surface area (Å²) in [7, 11) is 0. The van der Waals surface area contributed by atoms with E-state index < -0.39 is 5.97 Å². The predicted octanol–water partition coefficient (Wildman–Crippen LogP) is 1.16. The van der Waals surface area contributed by atoms with Crippen LogP contribution in [0.5, 0.6) is 0 Å². The lowest BCUT2D eigenvalue weighted by Crippen LogP contribution is -2.04. The first-order chi connectivity index (χ1) is 6.18. The SMILES string of the molecule is N/C(=C\C(=O)O)Cc1ccccc1. The van der Waals surface area contributed by atoms with Gasteiger partial charge in [0.25, 0.3) is 0 Å². The number of hydrogen-bond donors (Lipinski definition) is 2. The number of allylic oxidation sites excluding steroid dienone is 1. The molecule has 0 unspecified atom stereocenters. The number of carboxylic acid groups (broad SMARTS) is 1. The molecule has 13 heavy (non-hydrogen) atoms. The molecule has 1 rings (SSSR count). The minimum absolute atomic E-state index is 0.360. The molecule has 0 atom stereocenters. The maximum absolute atomic E-state index is 10.2. The van der Waals surface area contributed by atoms with Gasteiger partial charge in [-0.15, -0.1) is 0 Å². The van der Waals surface area contributed by atoms with Crippen molar-refractivity contribution in [2.45, 2.75) is 6.42 Å². The lowest BCUT2D eigenvalue weighted by molar-refractivity contribution is -0.131. The van der Waals surface area contributed by atoms with E-state index in [1.165, 1.54) is 0 Å². The Hall–Kier alpha value is -1.77. The zero-order valence-corrected chi connectivity index (χ0v) is 7.10. The topological polar surface area (TPSA) is 63.3 Å². The molecule has 3 heteroatoms. The zero-order chi connectivity index (χ0) is 9.68. The number of aliphatic carboxylic acids is 1. The van der Waals surface area contributed by atoms with Crippen LogP contribution in [0.15, 0.2) is 42.1 Å². The van der Waals surface area contributed by atoms with Gasteiger partial charge in [-0.05, 0) is 5.56 Å². The van der Waals surface area contributed by atoms with Crippen molar-refractivity contribution in [3.8, 4) is 0 Å². The van der Waals surface area contributed by atoms with Crippen molar-refractivity contribution in [1.29, 1.82) is 0 Å². The van der Waals surface area contributed by atoms with Crippen molar-refractivity contribution in [2.75, 3.05) is 0 Å². The second-order valence-corrected chi connectivity index (χ2v) is 2.72. The molecule has 3 N–H and O–H groups in total. The predicted molar refractivity (Wildman–Crippen MR) is 50.1 cm³/mol. The highest BCUT2D eigenvalue weighted by Crippen LogP contribution is 2.03. The molecule has 0 saturated heterocycles. The molecule has 0 spiro atoms. The summed E-state index contributed by atoms with van der Waals surface area (Å²) >= 11 is 0. The fourth-order valence-electron chi connectivity index (χ4n) is 1.04. The van der Waals surface area contributed by atoms with Gasteiger partial charge in [-0.25, -0.2) is 4.79 Å². The second kappa shape index (κ2) is 4.30. The smallest absolute Gasteiger partial charge is 0.330 e. The van der Waals surface area contributed by atoms with Crippen molar-refractivity contribution >= 4 is 5.97 Å². The van der Waals surface area contributed by atoms with E-state index in [-0.39, 0.29) is 0 Å². The third kappa shape index (κ3) is 3.42. The summed E-state index contributed by atoms with van der Waals surface area (Å²) in [5, 5.41) is 8.41. The van der Waals surface area contributed by atoms with Crippen LogP contribution in [0.3, 0.4) is 0 Å². The van der Waals surface area contributed by atoms with Crippen LogP contribution in [-0.2, 0) is 11.2 Å². The van der Waals surface area contributed by atoms with Crippen LogP contribution in [0.4, 0.5) is 0 Å². The summed E-state index contributed by atoms with van der Waals surface area (Å²) in [6.07, 6.45) is 1.50. The molecule has 0 fully saturated rings. The molecule has 3 nitrogen and oxygen atoms in total. The largest absolute Gasteiger partial charge is 0.478 e. The molecule has 68 valence electrons. The molecule has 0 amide bonds. The van der Waals surface area contributed by atoms with E-state index in [1.807, 2.05) is 30.3 Å². The Kier molecular flexibility index (Phi) is 3.09. The van der Waals surface area contributed by atoms with E-state index in [2.05, 4.69) is 0 Å². The van der Waals surface area contributed by atoms with E-state index in [1.54, 1.807) is 0 Å². The third-order valence-corrected chi connectivity index (χ3v) is 1.56. The Balaban J connectivity index is 2.65. The van der Waals surface area contributed by atoms with Gasteiger partial charge < -0.3 is 10.8 Å². The first-order valence-electron chi connectivity index (χ1n) is 3.91. The molecule has 1 aromatic carbocycles. The number of rotatable bonds is 3. The van der Waals surface area contributed by atoms with Gasteiger partial charge in [-0.1, -0.05) is 30.3 Å². The standard InChI is InChI=1S/C10H11NO2/c11-9(7-10(12)13)6-8-4-2-1-3-5-8/h1-5,7H,6,11H2,(H,12,13)/b9-7-. The molecule has 0 heterocycles. The highest BCUT2D eigenvalue weighted by molar-refractivity contribution is 5.80. The first kappa shape index (κ1) is 9.32. The Bertz CT molecular complexity index is 317. The van der Waals surface area contributed by atoms with Crippen molar-refractivity contribution in [1.82, 2.24) is 0 Å². The summed E-state index contributed by atoms with van der Waals surface area (Å²) in [6, 6.07) is 9.50. The first-order valence-corrected chi connectivity index (χ1v) is 3.91. The van der Waals surface area contributed by atoms with Gasteiger partial charge in [0.05, 0.1) is 0 Å². The molecule has 0 radical (unpaired) electrons. The molecule has 0 saturated carbocycles. The lowest BCUT2D eigenvalue weighted by Gasteiger charge is -1.99. The van der Waals surface area contributed by atoms with Gasteiger partial charge in [-0.3, -0.25) is 0 Å². The number of carboxylic acids is 1. The zero-order valence-electron chi connectivity index (χ0n) is 7.10. The van der Waals surface area contributed by atoms with Crippen LogP contribution in [0.2, 0.25) is 0 Å². The van der Waals surface area contributed by atoms with Gasteiger partial charge in [0.15, 0.2) is 0 Å². The van der Waals surface area contributed by atoms with Gasteiger partial charge >= 0.3 is 5.97 Å². The molecule has 0 aromatic heterocycles. The summed E-state index contributed by atoms with van der Waals surface area (Å²) in [6.45, 7) is 0. The maximum Gasteiger partial charge on any atom is 0.330 e. The normalized spacial score (nSPS) is 11.2. The summed E-state index contributed by atoms with van der Waals surface area (Å²) in [5.41, 5.74) is 6.86. The van der Waals surface area contributed by atoms with E-state index >= 15 is 0 Å². The molecular formula is C10H11NO2. The highest BCUT2D eigenvalue weighted by atomic mass is 16.4. The summed E-state index contributed by atoms with van der Waals surface area (Å²) in [5.74, 6) is -1.01. The maximum atomic E-state index is 10.2. The van der Waals surface area contributed by atoms with Crippen LogP contribution < -0.4 is 5.73 Å². The van der Waals surface area contributed by atoms with E-state index in [0.29, 0.717) is 12.1 Å². The molecule has 0 aliphatic heterocycles. The van der Waals surface area contributed by atoms with Gasteiger partial charge in [-0.2, -0.15) is 0 Å². The molecular weight excluding hydrogens is 166 g/mol. The average Bonchev–Trinajstić information content (AvgIpc) is 2.04. The van der Waals surface area contributed by atoms with Crippen molar-refractivity contribution in [3.63, 3.8) is 0 Å². The number of nitrogens with two attached hydrogens (primary N) is 1. The van der Waals surface area contributed by atoms with Crippen LogP contribution >= 0.6 is 0 Å². The van der Waals surface area contributed by atoms with Crippen molar-refractivity contribution in [3.05, 3.63) is 47.7 Å². The fraction of sp³-hybridized carbons (Fsp3) is 0.100. The average molecular weight is 177 g/mol. The van der Waals surface area contributed by atoms with Crippen LogP contribution in [0.25, 0.3) is 0 Å². The van der Waals surface area contributed by atoms with Gasteiger partial charge in [0.2, 0.25) is 0 Å². The molecule has 0 bridgehead atoms. The summed E-state index contributed by atoms with van der Waals surface area (Å²) in [4.78, 5) is 10.2. The molecule has 1 aromatic rings. The number of hydrogen-bond acceptors (Lipinski definition) is 2. The number of carbonyl (C=O) groups is 1. The van der Waals surface area contributed by atoms with Crippen LogP contribution in [0.1, 0.15) is 5.56 Å².